The number of carbonyl (C=O) groups is 1. The number of halogens is 6. The molecule has 2 aromatic carbocycles. The molecule has 0 saturated heterocycles. The van der Waals surface area contributed by atoms with E-state index in [1.165, 1.54) is 25.4 Å². The van der Waals surface area contributed by atoms with E-state index < -0.39 is 29.4 Å². The van der Waals surface area contributed by atoms with Crippen molar-refractivity contribution in [3.05, 3.63) is 69.2 Å². The number of methoxy groups -OCH3 is 1. The molecule has 0 unspecified atom stereocenters. The maximum atomic E-state index is 14.8. The smallest absolute Gasteiger partial charge is 0.493 e. The van der Waals surface area contributed by atoms with Crippen LogP contribution in [0.4, 0.5) is 23.2 Å². The highest BCUT2D eigenvalue weighted by Gasteiger charge is 2.31. The van der Waals surface area contributed by atoms with E-state index in [1.807, 2.05) is 0 Å². The number of hydrogen-bond acceptors (Lipinski definition) is 5. The number of carbonyl (C=O) groups excluding carboxylic acids is 1. The fourth-order valence-corrected chi connectivity index (χ4v) is 3.24. The van der Waals surface area contributed by atoms with Gasteiger partial charge in [-0.05, 0) is 52.7 Å². The van der Waals surface area contributed by atoms with Gasteiger partial charge in [0.05, 0.1) is 7.11 Å². The normalized spacial score (nSPS) is 11.2. The molecular formula is C21H14BrClF4N2O4. The van der Waals surface area contributed by atoms with Gasteiger partial charge in [0.1, 0.15) is 27.5 Å². The Balaban J connectivity index is 1.97. The van der Waals surface area contributed by atoms with Crippen LogP contribution in [0.25, 0.3) is 0 Å². The Hall–Kier alpha value is -3.05. The zero-order valence-electron chi connectivity index (χ0n) is 16.9. The van der Waals surface area contributed by atoms with Crippen molar-refractivity contribution >= 4 is 39.1 Å². The lowest BCUT2D eigenvalue weighted by molar-refractivity contribution is -0.274. The summed E-state index contributed by atoms with van der Waals surface area (Å²) in [6.07, 6.45) is -3.40. The lowest BCUT2D eigenvalue weighted by atomic mass is 10.1. The first-order valence-electron chi connectivity index (χ1n) is 9.01. The highest BCUT2D eigenvalue weighted by molar-refractivity contribution is 9.10. The number of aryl methyl sites for hydroxylation is 1. The second-order valence-electron chi connectivity index (χ2n) is 6.50. The number of benzene rings is 2. The summed E-state index contributed by atoms with van der Waals surface area (Å²) in [6, 6.07) is 6.67. The fourth-order valence-electron chi connectivity index (χ4n) is 2.72. The molecule has 33 heavy (non-hydrogen) atoms. The molecule has 1 aromatic heterocycles. The summed E-state index contributed by atoms with van der Waals surface area (Å²) in [4.78, 5) is 16.9. The average Bonchev–Trinajstić information content (AvgIpc) is 2.70. The zero-order chi connectivity index (χ0) is 24.3. The topological polar surface area (TPSA) is 69.7 Å². The van der Waals surface area contributed by atoms with Gasteiger partial charge in [-0.3, -0.25) is 4.79 Å². The molecule has 0 bridgehead atoms. The number of anilines is 1. The minimum atomic E-state index is -4.91. The van der Waals surface area contributed by atoms with Crippen molar-refractivity contribution < 1.29 is 36.6 Å². The van der Waals surface area contributed by atoms with Crippen molar-refractivity contribution in [1.82, 2.24) is 4.98 Å². The van der Waals surface area contributed by atoms with Gasteiger partial charge in [-0.1, -0.05) is 11.6 Å². The van der Waals surface area contributed by atoms with Crippen LogP contribution >= 0.6 is 27.5 Å². The monoisotopic (exact) mass is 548 g/mol. The van der Waals surface area contributed by atoms with Crippen LogP contribution < -0.4 is 19.5 Å². The first-order valence-corrected chi connectivity index (χ1v) is 10.2. The highest BCUT2D eigenvalue weighted by Crippen LogP contribution is 2.39. The van der Waals surface area contributed by atoms with Crippen molar-refractivity contribution in [3.63, 3.8) is 0 Å². The van der Waals surface area contributed by atoms with Gasteiger partial charge in [-0.15, -0.1) is 13.2 Å². The molecule has 0 aliphatic carbocycles. The third-order valence-electron chi connectivity index (χ3n) is 4.15. The van der Waals surface area contributed by atoms with Crippen LogP contribution in [0.1, 0.15) is 15.9 Å². The van der Waals surface area contributed by atoms with Crippen LogP contribution in [0, 0.1) is 12.7 Å². The van der Waals surface area contributed by atoms with Crippen LogP contribution in [-0.4, -0.2) is 24.4 Å². The number of rotatable bonds is 6. The average molecular weight is 550 g/mol. The maximum absolute atomic E-state index is 14.8. The summed E-state index contributed by atoms with van der Waals surface area (Å²) in [7, 11) is 1.19. The Labute approximate surface area is 198 Å². The largest absolute Gasteiger partial charge is 0.573 e. The molecule has 0 atom stereocenters. The molecule has 3 aromatic rings. The van der Waals surface area contributed by atoms with E-state index in [-0.39, 0.29) is 22.3 Å². The summed E-state index contributed by atoms with van der Waals surface area (Å²) in [6.45, 7) is 1.69. The predicted octanol–water partition coefficient (Wildman–Crippen LogP) is 6.90. The van der Waals surface area contributed by atoms with Crippen molar-refractivity contribution in [3.8, 4) is 23.0 Å². The first-order chi connectivity index (χ1) is 15.5. The molecule has 174 valence electrons. The third-order valence-corrected chi connectivity index (χ3v) is 4.80. The van der Waals surface area contributed by atoms with Crippen LogP contribution in [-0.2, 0) is 0 Å². The first kappa shape index (κ1) is 24.6. The predicted molar refractivity (Wildman–Crippen MR) is 116 cm³/mol. The maximum Gasteiger partial charge on any atom is 0.573 e. The van der Waals surface area contributed by atoms with Gasteiger partial charge in [0.2, 0.25) is 0 Å². The highest BCUT2D eigenvalue weighted by atomic mass is 79.9. The van der Waals surface area contributed by atoms with E-state index in [0.29, 0.717) is 15.9 Å². The standard InChI is InChI=1S/C21H14BrClF4N2O4/c1-10-9-28-18(22)8-14(10)29-20(30)19-13(24)5-11(23)6-17(19)32-15-4-3-12(7-16(15)31-2)33-21(25,26)27/h3-9H,1-2H3,(H,28,29,30). The summed E-state index contributed by atoms with van der Waals surface area (Å²) in [5.41, 5.74) is 0.503. The van der Waals surface area contributed by atoms with Gasteiger partial charge < -0.3 is 19.5 Å². The van der Waals surface area contributed by atoms with Crippen molar-refractivity contribution in [2.24, 2.45) is 0 Å². The lowest BCUT2D eigenvalue weighted by Crippen LogP contribution is -2.17. The fraction of sp³-hybridized carbons (Fsp3) is 0.143. The van der Waals surface area contributed by atoms with Gasteiger partial charge in [-0.25, -0.2) is 9.37 Å². The number of nitrogens with zero attached hydrogens (tertiary/aromatic N) is 1. The number of ether oxygens (including phenoxy) is 3. The Morgan fingerprint density at radius 1 is 1.12 bits per heavy atom. The number of aromatic nitrogens is 1. The van der Waals surface area contributed by atoms with Crippen LogP contribution in [0.5, 0.6) is 23.0 Å². The summed E-state index contributed by atoms with van der Waals surface area (Å²) >= 11 is 9.12. The number of pyridine rings is 1. The molecule has 0 fully saturated rings. The summed E-state index contributed by atoms with van der Waals surface area (Å²) < 4.78 is 67.2. The molecule has 0 aliphatic rings. The lowest BCUT2D eigenvalue weighted by Gasteiger charge is -2.16. The minimum absolute atomic E-state index is 0.0714. The Morgan fingerprint density at radius 2 is 1.85 bits per heavy atom. The molecule has 1 amide bonds. The second kappa shape index (κ2) is 9.84. The zero-order valence-corrected chi connectivity index (χ0v) is 19.2. The SMILES string of the molecule is COc1cc(OC(F)(F)F)ccc1Oc1cc(Cl)cc(F)c1C(=O)Nc1cc(Br)ncc1C. The Morgan fingerprint density at radius 3 is 2.52 bits per heavy atom. The minimum Gasteiger partial charge on any atom is -0.493 e. The van der Waals surface area contributed by atoms with Gasteiger partial charge in [-0.2, -0.15) is 0 Å². The van der Waals surface area contributed by atoms with Crippen molar-refractivity contribution in [2.75, 3.05) is 12.4 Å². The molecule has 0 radical (unpaired) electrons. The van der Waals surface area contributed by atoms with E-state index in [2.05, 4.69) is 31.0 Å². The Kier molecular flexibility index (Phi) is 7.33. The molecule has 0 aliphatic heterocycles. The molecule has 0 spiro atoms. The van der Waals surface area contributed by atoms with Crippen LogP contribution in [0.3, 0.4) is 0 Å². The molecule has 6 nitrogen and oxygen atoms in total. The van der Waals surface area contributed by atoms with Gasteiger partial charge in [0, 0.05) is 29.0 Å². The van der Waals surface area contributed by atoms with Crippen LogP contribution in [0.2, 0.25) is 5.02 Å². The van der Waals surface area contributed by atoms with Gasteiger partial charge in [0.15, 0.2) is 11.5 Å². The van der Waals surface area contributed by atoms with Gasteiger partial charge in [0.25, 0.3) is 5.91 Å². The second-order valence-corrected chi connectivity index (χ2v) is 7.75. The van der Waals surface area contributed by atoms with Crippen LogP contribution in [0.15, 0.2) is 47.2 Å². The van der Waals surface area contributed by atoms with E-state index in [1.54, 1.807) is 6.92 Å². The number of nitrogens with one attached hydrogen (secondary N) is 1. The molecule has 3 rings (SSSR count). The van der Waals surface area contributed by atoms with E-state index in [4.69, 9.17) is 21.1 Å². The molecule has 0 saturated carbocycles. The quantitative estimate of drug-likeness (QED) is 0.268. The molecule has 12 heteroatoms. The van der Waals surface area contributed by atoms with Crippen molar-refractivity contribution in [1.29, 1.82) is 0 Å². The van der Waals surface area contributed by atoms with E-state index in [0.717, 1.165) is 24.3 Å². The number of hydrogen-bond donors (Lipinski definition) is 1. The molecular weight excluding hydrogens is 536 g/mol. The van der Waals surface area contributed by atoms with Gasteiger partial charge >= 0.3 is 6.36 Å². The summed E-state index contributed by atoms with van der Waals surface area (Å²) in [5, 5.41) is 2.50. The summed E-state index contributed by atoms with van der Waals surface area (Å²) in [5.74, 6) is -2.93. The van der Waals surface area contributed by atoms with E-state index in [9.17, 15) is 22.4 Å². The molecule has 1 heterocycles. The molecule has 1 N–H and O–H groups in total. The third kappa shape index (κ3) is 6.26. The van der Waals surface area contributed by atoms with E-state index >= 15 is 0 Å². The number of alkyl halides is 3. The van der Waals surface area contributed by atoms with Crippen molar-refractivity contribution in [2.45, 2.75) is 13.3 Å². The number of amides is 1. The Bertz CT molecular complexity index is 1210.